The van der Waals surface area contributed by atoms with E-state index in [4.69, 9.17) is 0 Å². The van der Waals surface area contributed by atoms with Gasteiger partial charge in [0, 0.05) is 37.6 Å². The molecule has 170 valence electrons. The third-order valence-corrected chi connectivity index (χ3v) is 7.04. The average Bonchev–Trinajstić information content (AvgIpc) is 3.60. The summed E-state index contributed by atoms with van der Waals surface area (Å²) in [4.78, 5) is 17.6. The molecule has 1 N–H and O–H groups in total. The second-order valence-electron chi connectivity index (χ2n) is 9.38. The number of benzene rings is 2. The van der Waals surface area contributed by atoms with Crippen molar-refractivity contribution in [2.45, 2.75) is 38.4 Å². The molecule has 2 heterocycles. The predicted molar refractivity (Wildman–Crippen MR) is 119 cm³/mol. The van der Waals surface area contributed by atoms with Gasteiger partial charge >= 0.3 is 6.18 Å². The molecular weight excluding hydrogens is 415 g/mol. The third-order valence-electron chi connectivity index (χ3n) is 7.04. The number of nitrogens with zero attached hydrogens (tertiary/aromatic N) is 2. The Morgan fingerprint density at radius 1 is 1.09 bits per heavy atom. The van der Waals surface area contributed by atoms with Crippen LogP contribution in [0.5, 0.6) is 0 Å². The molecule has 2 aromatic carbocycles. The van der Waals surface area contributed by atoms with Gasteiger partial charge in [-0.2, -0.15) is 13.2 Å². The van der Waals surface area contributed by atoms with Crippen LogP contribution in [-0.4, -0.2) is 38.1 Å². The number of anilines is 2. The molecule has 1 saturated carbocycles. The van der Waals surface area contributed by atoms with Crippen molar-refractivity contribution >= 4 is 17.3 Å². The van der Waals surface area contributed by atoms with Crippen LogP contribution in [0.15, 0.2) is 42.5 Å². The summed E-state index contributed by atoms with van der Waals surface area (Å²) in [5, 5.41) is 3.08. The normalized spacial score (nSPS) is 22.9. The van der Waals surface area contributed by atoms with Gasteiger partial charge in [0.1, 0.15) is 0 Å². The van der Waals surface area contributed by atoms with Gasteiger partial charge in [-0.25, -0.2) is 0 Å². The minimum Gasteiger partial charge on any atom is -0.368 e. The standard InChI is InChI=1S/C25H28F3N3O/c1-16-2-7-20(8-3-16)30-10-11-31-22-9-6-19(25(26,27)28)12-18(22)13-21(23(31)15-30)24(32)29-14-17-4-5-17/h2-3,6-9,12,17,21,23H,4-5,10-11,13-15H2,1H3,(H,29,32). The number of nitrogens with one attached hydrogen (secondary N) is 1. The summed E-state index contributed by atoms with van der Waals surface area (Å²) in [7, 11) is 0. The van der Waals surface area contributed by atoms with Crippen molar-refractivity contribution in [3.05, 3.63) is 59.2 Å². The lowest BCUT2D eigenvalue weighted by Gasteiger charge is -2.49. The number of alkyl halides is 3. The number of hydrogen-bond acceptors (Lipinski definition) is 3. The summed E-state index contributed by atoms with van der Waals surface area (Å²) in [6.07, 6.45) is -1.78. The summed E-state index contributed by atoms with van der Waals surface area (Å²) in [6.45, 7) is 4.82. The highest BCUT2D eigenvalue weighted by atomic mass is 19.4. The van der Waals surface area contributed by atoms with Gasteiger partial charge in [0.05, 0.1) is 17.5 Å². The second kappa shape index (κ2) is 8.01. The van der Waals surface area contributed by atoms with E-state index in [9.17, 15) is 18.0 Å². The summed E-state index contributed by atoms with van der Waals surface area (Å²) >= 11 is 0. The lowest BCUT2D eigenvalue weighted by atomic mass is 9.82. The fourth-order valence-electron chi connectivity index (χ4n) is 4.99. The van der Waals surface area contributed by atoms with Gasteiger partial charge < -0.3 is 15.1 Å². The zero-order valence-corrected chi connectivity index (χ0v) is 18.2. The van der Waals surface area contributed by atoms with E-state index >= 15 is 0 Å². The van der Waals surface area contributed by atoms with Crippen LogP contribution in [0, 0.1) is 18.8 Å². The Morgan fingerprint density at radius 3 is 2.53 bits per heavy atom. The highest BCUT2D eigenvalue weighted by molar-refractivity contribution is 5.82. The lowest BCUT2D eigenvalue weighted by molar-refractivity contribution is -0.137. The zero-order valence-electron chi connectivity index (χ0n) is 18.2. The van der Waals surface area contributed by atoms with Crippen molar-refractivity contribution in [3.8, 4) is 0 Å². The minimum absolute atomic E-state index is 0.0410. The Hall–Kier alpha value is -2.70. The predicted octanol–water partition coefficient (Wildman–Crippen LogP) is 4.41. The molecule has 0 spiro atoms. The van der Waals surface area contributed by atoms with Gasteiger partial charge in [0.15, 0.2) is 0 Å². The molecule has 0 aromatic heterocycles. The first-order valence-electron chi connectivity index (χ1n) is 11.4. The molecule has 1 amide bonds. The largest absolute Gasteiger partial charge is 0.416 e. The van der Waals surface area contributed by atoms with Crippen LogP contribution in [0.2, 0.25) is 0 Å². The average molecular weight is 444 g/mol. The van der Waals surface area contributed by atoms with Crippen molar-refractivity contribution in [3.63, 3.8) is 0 Å². The molecule has 1 aliphatic carbocycles. The molecule has 7 heteroatoms. The van der Waals surface area contributed by atoms with E-state index in [1.54, 1.807) is 6.07 Å². The smallest absolute Gasteiger partial charge is 0.368 e. The number of hydrogen-bond donors (Lipinski definition) is 1. The molecule has 0 radical (unpaired) electrons. The number of amides is 1. The van der Waals surface area contributed by atoms with E-state index in [0.29, 0.717) is 37.5 Å². The maximum atomic E-state index is 13.3. The van der Waals surface area contributed by atoms with Crippen molar-refractivity contribution in [1.82, 2.24) is 5.32 Å². The van der Waals surface area contributed by atoms with Gasteiger partial charge in [0.25, 0.3) is 0 Å². The molecule has 2 unspecified atom stereocenters. The number of halogens is 3. The highest BCUT2D eigenvalue weighted by Crippen LogP contribution is 2.40. The van der Waals surface area contributed by atoms with Crippen molar-refractivity contribution in [1.29, 1.82) is 0 Å². The Bertz CT molecular complexity index is 1000. The molecule has 4 nitrogen and oxygen atoms in total. The lowest BCUT2D eigenvalue weighted by Crippen LogP contribution is -2.61. The first-order chi connectivity index (χ1) is 15.3. The minimum atomic E-state index is -4.39. The monoisotopic (exact) mass is 443 g/mol. The summed E-state index contributed by atoms with van der Waals surface area (Å²) in [5.74, 6) is 0.136. The zero-order chi connectivity index (χ0) is 22.5. The highest BCUT2D eigenvalue weighted by Gasteiger charge is 2.43. The first kappa shape index (κ1) is 21.2. The number of rotatable bonds is 4. The van der Waals surface area contributed by atoms with E-state index in [2.05, 4.69) is 46.3 Å². The third kappa shape index (κ3) is 4.17. The summed E-state index contributed by atoms with van der Waals surface area (Å²) < 4.78 is 40.0. The Labute approximate surface area is 186 Å². The van der Waals surface area contributed by atoms with Gasteiger partial charge in [0.2, 0.25) is 5.91 Å². The van der Waals surface area contributed by atoms with Gasteiger partial charge in [-0.15, -0.1) is 0 Å². The number of piperazine rings is 1. The van der Waals surface area contributed by atoms with Crippen molar-refractivity contribution in [2.24, 2.45) is 11.8 Å². The van der Waals surface area contributed by atoms with Crippen LogP contribution in [0.1, 0.15) is 29.5 Å². The van der Waals surface area contributed by atoms with E-state index in [0.717, 1.165) is 36.8 Å². The Morgan fingerprint density at radius 2 is 1.84 bits per heavy atom. The SMILES string of the molecule is Cc1ccc(N2CCN3c4ccc(C(F)(F)F)cc4CC(C(=O)NCC4CC4)C3C2)cc1. The van der Waals surface area contributed by atoms with Crippen molar-refractivity contribution in [2.75, 3.05) is 36.0 Å². The Kier molecular flexibility index (Phi) is 5.30. The van der Waals surface area contributed by atoms with Crippen LogP contribution in [-0.2, 0) is 17.4 Å². The summed E-state index contributed by atoms with van der Waals surface area (Å²) in [6, 6.07) is 12.3. The van der Waals surface area contributed by atoms with Crippen LogP contribution >= 0.6 is 0 Å². The second-order valence-corrected chi connectivity index (χ2v) is 9.38. The number of carbonyl (C=O) groups excluding carboxylic acids is 1. The maximum Gasteiger partial charge on any atom is 0.416 e. The molecule has 2 aromatic rings. The molecule has 5 rings (SSSR count). The van der Waals surface area contributed by atoms with Gasteiger partial charge in [-0.3, -0.25) is 4.79 Å². The van der Waals surface area contributed by atoms with E-state index in [-0.39, 0.29) is 17.9 Å². The van der Waals surface area contributed by atoms with E-state index < -0.39 is 11.7 Å². The van der Waals surface area contributed by atoms with Crippen LogP contribution in [0.3, 0.4) is 0 Å². The molecule has 3 aliphatic rings. The quantitative estimate of drug-likeness (QED) is 0.761. The van der Waals surface area contributed by atoms with Crippen LogP contribution in [0.25, 0.3) is 0 Å². The number of carbonyl (C=O) groups is 1. The van der Waals surface area contributed by atoms with Crippen LogP contribution < -0.4 is 15.1 Å². The molecule has 1 saturated heterocycles. The van der Waals surface area contributed by atoms with Gasteiger partial charge in [-0.1, -0.05) is 17.7 Å². The fraction of sp³-hybridized carbons (Fsp3) is 0.480. The molecule has 2 atom stereocenters. The molecular formula is C25H28F3N3O. The first-order valence-corrected chi connectivity index (χ1v) is 11.4. The number of fused-ring (bicyclic) bond motifs is 3. The fourth-order valence-corrected chi connectivity index (χ4v) is 4.99. The topological polar surface area (TPSA) is 35.6 Å². The van der Waals surface area contributed by atoms with E-state index in [1.165, 1.54) is 11.6 Å². The van der Waals surface area contributed by atoms with Gasteiger partial charge in [-0.05, 0) is 68.0 Å². The van der Waals surface area contributed by atoms with Crippen molar-refractivity contribution < 1.29 is 18.0 Å². The number of aryl methyl sites for hydroxylation is 1. The molecule has 2 aliphatic heterocycles. The Balaban J connectivity index is 1.45. The van der Waals surface area contributed by atoms with Crippen LogP contribution in [0.4, 0.5) is 24.5 Å². The van der Waals surface area contributed by atoms with E-state index in [1.807, 2.05) is 0 Å². The molecule has 2 fully saturated rings. The molecule has 32 heavy (non-hydrogen) atoms. The summed E-state index contributed by atoms with van der Waals surface area (Å²) in [5.41, 5.74) is 3.11. The molecule has 0 bridgehead atoms. The maximum absolute atomic E-state index is 13.3.